The SMILES string of the molecule is C[C@@H](Cc1ccsc1)NCl. The van der Waals surface area contributed by atoms with Crippen molar-refractivity contribution in [3.8, 4) is 0 Å². The normalized spacial score (nSPS) is 13.4. The van der Waals surface area contributed by atoms with Crippen LogP contribution in [-0.4, -0.2) is 6.04 Å². The van der Waals surface area contributed by atoms with Gasteiger partial charge >= 0.3 is 0 Å². The van der Waals surface area contributed by atoms with E-state index in [1.54, 1.807) is 11.3 Å². The Labute approximate surface area is 70.1 Å². The Bertz CT molecular complexity index is 174. The van der Waals surface area contributed by atoms with Crippen LogP contribution in [0.1, 0.15) is 12.5 Å². The molecule has 0 unspecified atom stereocenters. The summed E-state index contributed by atoms with van der Waals surface area (Å²) < 4.78 is 0. The second-order valence-corrected chi connectivity index (χ2v) is 3.34. The van der Waals surface area contributed by atoms with Crippen LogP contribution in [0.25, 0.3) is 0 Å². The topological polar surface area (TPSA) is 12.0 Å². The second-order valence-electron chi connectivity index (χ2n) is 2.35. The molecule has 0 saturated carbocycles. The molecule has 0 bridgehead atoms. The Kier molecular flexibility index (Phi) is 3.19. The van der Waals surface area contributed by atoms with E-state index in [0.29, 0.717) is 6.04 Å². The highest BCUT2D eigenvalue weighted by atomic mass is 35.5. The quantitative estimate of drug-likeness (QED) is 0.696. The molecule has 0 amide bonds. The maximum atomic E-state index is 5.42. The summed E-state index contributed by atoms with van der Waals surface area (Å²) in [5, 5.41) is 4.22. The van der Waals surface area contributed by atoms with E-state index in [-0.39, 0.29) is 0 Å². The van der Waals surface area contributed by atoms with Crippen molar-refractivity contribution >= 4 is 23.1 Å². The van der Waals surface area contributed by atoms with E-state index in [1.807, 2.05) is 0 Å². The van der Waals surface area contributed by atoms with E-state index < -0.39 is 0 Å². The molecule has 1 aromatic heterocycles. The third-order valence-electron chi connectivity index (χ3n) is 1.31. The lowest BCUT2D eigenvalue weighted by Gasteiger charge is -2.04. The van der Waals surface area contributed by atoms with Gasteiger partial charge in [-0.1, -0.05) is 0 Å². The molecule has 1 atom stereocenters. The van der Waals surface area contributed by atoms with Gasteiger partial charge in [0.2, 0.25) is 0 Å². The summed E-state index contributed by atoms with van der Waals surface area (Å²) in [6.45, 7) is 2.06. The van der Waals surface area contributed by atoms with E-state index in [2.05, 4.69) is 28.6 Å². The molecule has 0 fully saturated rings. The van der Waals surface area contributed by atoms with Crippen LogP contribution in [0, 0.1) is 0 Å². The fourth-order valence-electron chi connectivity index (χ4n) is 0.801. The first-order chi connectivity index (χ1) is 4.83. The van der Waals surface area contributed by atoms with Crippen molar-refractivity contribution in [2.45, 2.75) is 19.4 Å². The first kappa shape index (κ1) is 8.05. The third kappa shape index (κ3) is 2.29. The summed E-state index contributed by atoms with van der Waals surface area (Å²) >= 11 is 7.14. The minimum absolute atomic E-state index is 0.358. The fraction of sp³-hybridized carbons (Fsp3) is 0.429. The molecule has 1 N–H and O–H groups in total. The Balaban J connectivity index is 2.40. The van der Waals surface area contributed by atoms with Crippen molar-refractivity contribution < 1.29 is 0 Å². The van der Waals surface area contributed by atoms with E-state index in [0.717, 1.165) is 6.42 Å². The molecule has 1 aromatic rings. The summed E-state index contributed by atoms with van der Waals surface area (Å²) in [6, 6.07) is 2.48. The molecular weight excluding hydrogens is 166 g/mol. The van der Waals surface area contributed by atoms with Crippen LogP contribution < -0.4 is 4.84 Å². The lowest BCUT2D eigenvalue weighted by atomic mass is 10.1. The Morgan fingerprint density at radius 1 is 1.80 bits per heavy atom. The highest BCUT2D eigenvalue weighted by Crippen LogP contribution is 2.08. The average Bonchev–Trinajstić information content (AvgIpc) is 2.40. The van der Waals surface area contributed by atoms with Gasteiger partial charge in [0, 0.05) is 6.04 Å². The molecule has 1 rings (SSSR count). The molecule has 1 nitrogen and oxygen atoms in total. The maximum Gasteiger partial charge on any atom is 0.0233 e. The van der Waals surface area contributed by atoms with Gasteiger partial charge in [0.1, 0.15) is 0 Å². The highest BCUT2D eigenvalue weighted by Gasteiger charge is 2.00. The van der Waals surface area contributed by atoms with Crippen molar-refractivity contribution in [1.29, 1.82) is 0 Å². The molecule has 0 aliphatic carbocycles. The van der Waals surface area contributed by atoms with Gasteiger partial charge in [-0.15, -0.1) is 0 Å². The van der Waals surface area contributed by atoms with Crippen LogP contribution in [0.4, 0.5) is 0 Å². The molecule has 0 aromatic carbocycles. The summed E-state index contributed by atoms with van der Waals surface area (Å²) in [4.78, 5) is 2.68. The number of halogens is 1. The molecule has 3 heteroatoms. The van der Waals surface area contributed by atoms with Crippen LogP contribution >= 0.6 is 23.1 Å². The van der Waals surface area contributed by atoms with Crippen LogP contribution in [0.15, 0.2) is 16.8 Å². The summed E-state index contributed by atoms with van der Waals surface area (Å²) in [6.07, 6.45) is 1.01. The van der Waals surface area contributed by atoms with Gasteiger partial charge in [-0.25, -0.2) is 4.84 Å². The van der Waals surface area contributed by atoms with Gasteiger partial charge in [-0.05, 0) is 47.5 Å². The molecule has 0 spiro atoms. The third-order valence-corrected chi connectivity index (χ3v) is 2.41. The Morgan fingerprint density at radius 2 is 2.60 bits per heavy atom. The predicted octanol–water partition coefficient (Wildman–Crippen LogP) is 2.42. The van der Waals surface area contributed by atoms with E-state index in [9.17, 15) is 0 Å². The Hall–Kier alpha value is -0.0500. The maximum absolute atomic E-state index is 5.42. The molecule has 0 aliphatic rings. The van der Waals surface area contributed by atoms with Crippen LogP contribution in [0.5, 0.6) is 0 Å². The molecular formula is C7H10ClNS. The largest absolute Gasteiger partial charge is 0.230 e. The monoisotopic (exact) mass is 175 g/mol. The first-order valence-electron chi connectivity index (χ1n) is 3.20. The van der Waals surface area contributed by atoms with Crippen LogP contribution in [0.3, 0.4) is 0 Å². The number of hydrogen-bond acceptors (Lipinski definition) is 2. The van der Waals surface area contributed by atoms with Gasteiger partial charge < -0.3 is 0 Å². The number of rotatable bonds is 3. The van der Waals surface area contributed by atoms with Gasteiger partial charge in [0.05, 0.1) is 0 Å². The zero-order valence-electron chi connectivity index (χ0n) is 5.80. The minimum Gasteiger partial charge on any atom is -0.230 e. The molecule has 56 valence electrons. The molecule has 0 saturated heterocycles. The van der Waals surface area contributed by atoms with Gasteiger partial charge in [-0.2, -0.15) is 11.3 Å². The van der Waals surface area contributed by atoms with Gasteiger partial charge in [0.15, 0.2) is 0 Å². The molecule has 1 heterocycles. The first-order valence-corrected chi connectivity index (χ1v) is 4.52. The predicted molar refractivity (Wildman–Crippen MR) is 46.5 cm³/mol. The molecule has 0 radical (unpaired) electrons. The summed E-state index contributed by atoms with van der Waals surface area (Å²) in [7, 11) is 0. The van der Waals surface area contributed by atoms with Crippen LogP contribution in [-0.2, 0) is 6.42 Å². The Morgan fingerprint density at radius 3 is 3.10 bits per heavy atom. The number of hydrogen-bond donors (Lipinski definition) is 1. The molecule has 10 heavy (non-hydrogen) atoms. The average molecular weight is 176 g/mol. The van der Waals surface area contributed by atoms with Crippen molar-refractivity contribution in [3.05, 3.63) is 22.4 Å². The van der Waals surface area contributed by atoms with Crippen LogP contribution in [0.2, 0.25) is 0 Å². The molecule has 0 aliphatic heterocycles. The highest BCUT2D eigenvalue weighted by molar-refractivity contribution is 7.07. The number of nitrogens with one attached hydrogen (secondary N) is 1. The van der Waals surface area contributed by atoms with E-state index >= 15 is 0 Å². The lowest BCUT2D eigenvalue weighted by molar-refractivity contribution is 0.683. The van der Waals surface area contributed by atoms with Crippen molar-refractivity contribution in [2.24, 2.45) is 0 Å². The standard InChI is InChI=1S/C7H10ClNS/c1-6(9-8)4-7-2-3-10-5-7/h2-3,5-6,9H,4H2,1H3/t6-/m0/s1. The fourth-order valence-corrected chi connectivity index (χ4v) is 1.56. The van der Waals surface area contributed by atoms with Crippen molar-refractivity contribution in [1.82, 2.24) is 4.84 Å². The smallest absolute Gasteiger partial charge is 0.0233 e. The zero-order valence-corrected chi connectivity index (χ0v) is 7.38. The lowest BCUT2D eigenvalue weighted by Crippen LogP contribution is -2.18. The van der Waals surface area contributed by atoms with E-state index in [4.69, 9.17) is 11.8 Å². The van der Waals surface area contributed by atoms with Gasteiger partial charge in [0.25, 0.3) is 0 Å². The minimum atomic E-state index is 0.358. The van der Waals surface area contributed by atoms with Gasteiger partial charge in [-0.3, -0.25) is 0 Å². The van der Waals surface area contributed by atoms with Crippen molar-refractivity contribution in [2.75, 3.05) is 0 Å². The number of thiophene rings is 1. The summed E-state index contributed by atoms with van der Waals surface area (Å²) in [5.74, 6) is 0. The van der Waals surface area contributed by atoms with Crippen molar-refractivity contribution in [3.63, 3.8) is 0 Å². The second kappa shape index (κ2) is 3.96. The summed E-state index contributed by atoms with van der Waals surface area (Å²) in [5.41, 5.74) is 1.35. The van der Waals surface area contributed by atoms with E-state index in [1.165, 1.54) is 5.56 Å². The zero-order chi connectivity index (χ0) is 7.40.